The number of rotatable bonds is 9. The lowest BCUT2D eigenvalue weighted by molar-refractivity contribution is -0.138. The molecule has 3 aromatic rings. The largest absolute Gasteiger partial charge is 0.416 e. The number of carbonyl (C=O) groups is 2. The number of benzene rings is 2. The zero-order chi connectivity index (χ0) is 30.7. The molecule has 8 nitrogen and oxygen atoms in total. The lowest BCUT2D eigenvalue weighted by atomic mass is 10.0. The summed E-state index contributed by atoms with van der Waals surface area (Å²) in [5, 5.41) is 5.51. The van der Waals surface area contributed by atoms with Crippen molar-refractivity contribution in [3.05, 3.63) is 71.4 Å². The molecule has 2 N–H and O–H groups in total. The van der Waals surface area contributed by atoms with Gasteiger partial charge in [-0.15, -0.1) is 0 Å². The van der Waals surface area contributed by atoms with E-state index in [9.17, 15) is 22.8 Å². The van der Waals surface area contributed by atoms with Crippen molar-refractivity contribution in [2.24, 2.45) is 5.92 Å². The summed E-state index contributed by atoms with van der Waals surface area (Å²) in [4.78, 5) is 35.2. The predicted octanol–water partition coefficient (Wildman–Crippen LogP) is 5.25. The number of pyridine rings is 1. The molecule has 2 heterocycles. The van der Waals surface area contributed by atoms with Crippen molar-refractivity contribution in [1.82, 2.24) is 14.8 Å². The Morgan fingerprint density at radius 3 is 2.30 bits per heavy atom. The number of carbonyl (C=O) groups excluding carboxylic acids is 2. The highest BCUT2D eigenvalue weighted by Gasteiger charge is 2.34. The normalized spacial score (nSPS) is 16.1. The van der Waals surface area contributed by atoms with Gasteiger partial charge in [0, 0.05) is 68.8 Å². The Morgan fingerprint density at radius 2 is 1.67 bits per heavy atom. The molecular formula is C32H37F3N6O2. The first-order valence-electron chi connectivity index (χ1n) is 14.5. The average molecular weight is 595 g/mol. The van der Waals surface area contributed by atoms with Gasteiger partial charge in [-0.1, -0.05) is 18.2 Å². The van der Waals surface area contributed by atoms with Crippen LogP contribution < -0.4 is 15.5 Å². The fourth-order valence-electron chi connectivity index (χ4n) is 5.15. The van der Waals surface area contributed by atoms with Crippen molar-refractivity contribution in [3.8, 4) is 11.1 Å². The van der Waals surface area contributed by atoms with Gasteiger partial charge in [-0.2, -0.15) is 13.2 Å². The highest BCUT2D eigenvalue weighted by molar-refractivity contribution is 5.95. The molecule has 2 amide bonds. The Bertz CT molecular complexity index is 1460. The predicted molar refractivity (Wildman–Crippen MR) is 162 cm³/mol. The van der Waals surface area contributed by atoms with E-state index < -0.39 is 17.6 Å². The Balaban J connectivity index is 1.19. The third kappa shape index (κ3) is 7.91. The maximum Gasteiger partial charge on any atom is 0.416 e. The molecule has 1 saturated carbocycles. The summed E-state index contributed by atoms with van der Waals surface area (Å²) in [6.45, 7) is 5.13. The summed E-state index contributed by atoms with van der Waals surface area (Å²) in [7, 11) is 3.75. The first kappa shape index (κ1) is 30.5. The Kier molecular flexibility index (Phi) is 9.03. The lowest BCUT2D eigenvalue weighted by Gasteiger charge is -2.33. The number of piperazine rings is 1. The SMILES string of the molecule is Cc1cc(-c2ccc(N(C)CC(=O)Nc3ccc(CN4CCN(C)CC4)c(C(F)(F)F)c3)cc2)cnc1NC(=O)C1CC1. The first-order chi connectivity index (χ1) is 20.5. The number of hydrogen-bond donors (Lipinski definition) is 2. The van der Waals surface area contributed by atoms with E-state index in [2.05, 4.69) is 20.5 Å². The molecular weight excluding hydrogens is 557 g/mol. The van der Waals surface area contributed by atoms with E-state index in [1.54, 1.807) is 18.1 Å². The number of anilines is 3. The number of amides is 2. The topological polar surface area (TPSA) is 80.8 Å². The van der Waals surface area contributed by atoms with Gasteiger partial charge in [-0.05, 0) is 73.8 Å². The zero-order valence-corrected chi connectivity index (χ0v) is 24.7. The van der Waals surface area contributed by atoms with Crippen molar-refractivity contribution in [1.29, 1.82) is 0 Å². The summed E-state index contributed by atoms with van der Waals surface area (Å²) in [5.74, 6) is 0.256. The number of aromatic nitrogens is 1. The minimum absolute atomic E-state index is 0.0128. The van der Waals surface area contributed by atoms with Crippen LogP contribution in [-0.2, 0) is 22.3 Å². The molecule has 1 aliphatic heterocycles. The van der Waals surface area contributed by atoms with Crippen molar-refractivity contribution in [2.45, 2.75) is 32.5 Å². The van der Waals surface area contributed by atoms with E-state index in [0.717, 1.165) is 54.4 Å². The summed E-state index contributed by atoms with van der Waals surface area (Å²) in [6.07, 6.45) is -0.961. The molecule has 1 aliphatic carbocycles. The van der Waals surface area contributed by atoms with Crippen LogP contribution in [0.25, 0.3) is 11.1 Å². The summed E-state index contributed by atoms with van der Waals surface area (Å²) >= 11 is 0. The highest BCUT2D eigenvalue weighted by atomic mass is 19.4. The van der Waals surface area contributed by atoms with E-state index in [4.69, 9.17) is 0 Å². The van der Waals surface area contributed by atoms with Crippen LogP contribution in [0.1, 0.15) is 29.5 Å². The number of nitrogens with one attached hydrogen (secondary N) is 2. The van der Waals surface area contributed by atoms with Gasteiger partial charge in [0.25, 0.3) is 0 Å². The molecule has 0 atom stereocenters. The Labute approximate surface area is 249 Å². The van der Waals surface area contributed by atoms with E-state index >= 15 is 0 Å². The van der Waals surface area contributed by atoms with Crippen LogP contribution in [0.4, 0.5) is 30.4 Å². The molecule has 43 heavy (non-hydrogen) atoms. The summed E-state index contributed by atoms with van der Waals surface area (Å²) in [6, 6.07) is 13.6. The van der Waals surface area contributed by atoms with Gasteiger partial charge < -0.3 is 20.4 Å². The number of nitrogens with zero attached hydrogens (tertiary/aromatic N) is 4. The molecule has 0 bridgehead atoms. The summed E-state index contributed by atoms with van der Waals surface area (Å²) in [5.41, 5.74) is 3.05. The third-order valence-electron chi connectivity index (χ3n) is 7.98. The second kappa shape index (κ2) is 12.7. The molecule has 1 saturated heterocycles. The number of hydrogen-bond acceptors (Lipinski definition) is 6. The zero-order valence-electron chi connectivity index (χ0n) is 24.7. The first-order valence-corrected chi connectivity index (χ1v) is 14.5. The number of aryl methyl sites for hydroxylation is 1. The third-order valence-corrected chi connectivity index (χ3v) is 7.98. The van der Waals surface area contributed by atoms with Gasteiger partial charge in [-0.3, -0.25) is 14.5 Å². The molecule has 5 rings (SSSR count). The van der Waals surface area contributed by atoms with Gasteiger partial charge in [0.15, 0.2) is 0 Å². The molecule has 0 unspecified atom stereocenters. The van der Waals surface area contributed by atoms with Crippen LogP contribution in [0.2, 0.25) is 0 Å². The fourth-order valence-corrected chi connectivity index (χ4v) is 5.15. The summed E-state index contributed by atoms with van der Waals surface area (Å²) < 4.78 is 41.8. The van der Waals surface area contributed by atoms with Gasteiger partial charge >= 0.3 is 6.18 Å². The van der Waals surface area contributed by atoms with E-state index in [0.29, 0.717) is 18.9 Å². The molecule has 0 spiro atoms. The number of alkyl halides is 3. The Hall–Kier alpha value is -3.96. The van der Waals surface area contributed by atoms with Crippen molar-refractivity contribution in [2.75, 3.05) is 62.4 Å². The van der Waals surface area contributed by atoms with Crippen molar-refractivity contribution in [3.63, 3.8) is 0 Å². The maximum atomic E-state index is 13.9. The molecule has 1 aromatic heterocycles. The van der Waals surface area contributed by atoms with E-state index in [1.807, 2.05) is 49.2 Å². The standard InChI is InChI=1S/C32H37F3N6O2/c1-21-16-25(18-36-30(21)38-31(43)23-4-5-23)22-7-10-27(11-8-22)40(3)20-29(42)37-26-9-6-24(28(17-26)32(33,34)35)19-41-14-12-39(2)13-15-41/h6-11,16-18,23H,4-5,12-15,19-20H2,1-3H3,(H,37,42)(H,36,38,43). The molecule has 0 radical (unpaired) electrons. The minimum Gasteiger partial charge on any atom is -0.365 e. The van der Waals surface area contributed by atoms with Crippen LogP contribution in [0.15, 0.2) is 54.7 Å². The smallest absolute Gasteiger partial charge is 0.365 e. The monoisotopic (exact) mass is 594 g/mol. The van der Waals surface area contributed by atoms with Crippen LogP contribution in [-0.4, -0.2) is 73.4 Å². The van der Waals surface area contributed by atoms with Crippen LogP contribution in [0, 0.1) is 12.8 Å². The highest BCUT2D eigenvalue weighted by Crippen LogP contribution is 2.35. The van der Waals surface area contributed by atoms with Crippen LogP contribution in [0.3, 0.4) is 0 Å². The van der Waals surface area contributed by atoms with E-state index in [1.165, 1.54) is 12.1 Å². The van der Waals surface area contributed by atoms with Gasteiger partial charge in [-0.25, -0.2) is 4.98 Å². The Morgan fingerprint density at radius 1 is 0.977 bits per heavy atom. The van der Waals surface area contributed by atoms with Crippen molar-refractivity contribution >= 4 is 29.0 Å². The molecule has 228 valence electrons. The quantitative estimate of drug-likeness (QED) is 0.353. The molecule has 11 heteroatoms. The van der Waals surface area contributed by atoms with Gasteiger partial charge in [0.2, 0.25) is 11.8 Å². The maximum absolute atomic E-state index is 13.9. The lowest BCUT2D eigenvalue weighted by Crippen LogP contribution is -2.44. The van der Waals surface area contributed by atoms with Crippen molar-refractivity contribution < 1.29 is 22.8 Å². The fraction of sp³-hybridized carbons (Fsp3) is 0.406. The van der Waals surface area contributed by atoms with Gasteiger partial charge in [0.1, 0.15) is 5.82 Å². The van der Waals surface area contributed by atoms with E-state index in [-0.39, 0.29) is 36.2 Å². The molecule has 2 aromatic carbocycles. The van der Waals surface area contributed by atoms with Crippen LogP contribution >= 0.6 is 0 Å². The second-order valence-corrected chi connectivity index (χ2v) is 11.6. The number of likely N-dealkylation sites (N-methyl/N-ethyl adjacent to an activating group) is 2. The average Bonchev–Trinajstić information content (AvgIpc) is 3.81. The second-order valence-electron chi connectivity index (χ2n) is 11.6. The molecule has 2 fully saturated rings. The minimum atomic E-state index is -4.53. The van der Waals surface area contributed by atoms with Crippen LogP contribution in [0.5, 0.6) is 0 Å². The molecule has 2 aliphatic rings. The van der Waals surface area contributed by atoms with Gasteiger partial charge in [0.05, 0.1) is 12.1 Å². The number of halogens is 3.